The van der Waals surface area contributed by atoms with Crippen molar-refractivity contribution in [3.8, 4) is 5.75 Å². The summed E-state index contributed by atoms with van der Waals surface area (Å²) in [5, 5.41) is 13.4. The Bertz CT molecular complexity index is 1340. The minimum Gasteiger partial charge on any atom is -0.510 e. The highest BCUT2D eigenvalue weighted by atomic mass is 16.5. The van der Waals surface area contributed by atoms with Crippen molar-refractivity contribution < 1.29 is 14.6 Å². The Kier molecular flexibility index (Phi) is 4.82. The molecule has 0 amide bonds. The number of Topliss-reactive ketones (excluding diaryl/α,β-unsaturated/α-hetero) is 1. The van der Waals surface area contributed by atoms with E-state index in [1.807, 2.05) is 91.0 Å². The highest BCUT2D eigenvalue weighted by molar-refractivity contribution is 6.14. The van der Waals surface area contributed by atoms with Gasteiger partial charge < -0.3 is 9.84 Å². The standard InChI is InChI=1S/C29H24O3/c1-29(23-11-7-4-8-12-23)27(30)26(28(29)31)25(19-9-5-3-6-10-19)22-14-13-21-18-24(32-2)16-15-20(21)17-22/h3-18,25,30H,1-2H3. The molecule has 3 nitrogen and oxygen atoms in total. The van der Waals surface area contributed by atoms with Crippen molar-refractivity contribution in [1.82, 2.24) is 0 Å². The molecule has 0 aliphatic heterocycles. The summed E-state index contributed by atoms with van der Waals surface area (Å²) in [6.07, 6.45) is 0. The maximum Gasteiger partial charge on any atom is 0.181 e. The van der Waals surface area contributed by atoms with Crippen molar-refractivity contribution in [1.29, 1.82) is 0 Å². The molecule has 0 bridgehead atoms. The van der Waals surface area contributed by atoms with Crippen molar-refractivity contribution in [2.75, 3.05) is 7.11 Å². The quantitative estimate of drug-likeness (QED) is 0.410. The molecule has 0 saturated heterocycles. The third kappa shape index (κ3) is 3.01. The van der Waals surface area contributed by atoms with Crippen LogP contribution in [-0.4, -0.2) is 18.0 Å². The number of ketones is 1. The Morgan fingerprint density at radius 1 is 0.781 bits per heavy atom. The second kappa shape index (κ2) is 7.69. The molecule has 0 radical (unpaired) electrons. The van der Waals surface area contributed by atoms with Crippen LogP contribution >= 0.6 is 0 Å². The van der Waals surface area contributed by atoms with Crippen molar-refractivity contribution in [3.05, 3.63) is 125 Å². The Morgan fingerprint density at radius 3 is 2.06 bits per heavy atom. The molecule has 1 N–H and O–H groups in total. The lowest BCUT2D eigenvalue weighted by Crippen LogP contribution is -2.47. The van der Waals surface area contributed by atoms with E-state index in [1.165, 1.54) is 0 Å². The predicted molar refractivity (Wildman–Crippen MR) is 127 cm³/mol. The topological polar surface area (TPSA) is 46.5 Å². The Hall–Kier alpha value is -3.85. The van der Waals surface area contributed by atoms with E-state index in [9.17, 15) is 9.90 Å². The first-order valence-electron chi connectivity index (χ1n) is 10.7. The van der Waals surface area contributed by atoms with Crippen molar-refractivity contribution in [2.24, 2.45) is 0 Å². The van der Waals surface area contributed by atoms with Gasteiger partial charge in [-0.1, -0.05) is 84.9 Å². The fourth-order valence-corrected chi connectivity index (χ4v) is 4.72. The van der Waals surface area contributed by atoms with Gasteiger partial charge in [0.2, 0.25) is 0 Å². The summed E-state index contributed by atoms with van der Waals surface area (Å²) >= 11 is 0. The average Bonchev–Trinajstić information content (AvgIpc) is 2.86. The van der Waals surface area contributed by atoms with E-state index >= 15 is 0 Å². The number of hydrogen-bond acceptors (Lipinski definition) is 3. The van der Waals surface area contributed by atoms with Gasteiger partial charge in [-0.2, -0.15) is 0 Å². The van der Waals surface area contributed by atoms with E-state index in [-0.39, 0.29) is 17.5 Å². The number of benzene rings is 4. The molecular formula is C29H24O3. The molecule has 0 saturated carbocycles. The van der Waals surface area contributed by atoms with E-state index in [4.69, 9.17) is 4.74 Å². The molecule has 5 rings (SSSR count). The van der Waals surface area contributed by atoms with E-state index < -0.39 is 5.41 Å². The highest BCUT2D eigenvalue weighted by Crippen LogP contribution is 2.50. The van der Waals surface area contributed by atoms with Crippen LogP contribution in [-0.2, 0) is 10.2 Å². The summed E-state index contributed by atoms with van der Waals surface area (Å²) in [5.41, 5.74) is 2.22. The van der Waals surface area contributed by atoms with Gasteiger partial charge in [0.25, 0.3) is 0 Å². The number of rotatable bonds is 5. The summed E-state index contributed by atoms with van der Waals surface area (Å²) in [6, 6.07) is 31.5. The largest absolute Gasteiger partial charge is 0.510 e. The Labute approximate surface area is 187 Å². The minimum absolute atomic E-state index is 0.0371. The second-order valence-electron chi connectivity index (χ2n) is 8.40. The van der Waals surface area contributed by atoms with Crippen LogP contribution in [0.3, 0.4) is 0 Å². The van der Waals surface area contributed by atoms with E-state index in [0.29, 0.717) is 5.57 Å². The lowest BCUT2D eigenvalue weighted by molar-refractivity contribution is -0.123. The molecule has 3 heteroatoms. The van der Waals surface area contributed by atoms with Gasteiger partial charge in [-0.05, 0) is 46.5 Å². The van der Waals surface area contributed by atoms with Gasteiger partial charge in [0.1, 0.15) is 16.9 Å². The maximum absolute atomic E-state index is 13.6. The van der Waals surface area contributed by atoms with Gasteiger partial charge >= 0.3 is 0 Å². The molecule has 0 spiro atoms. The number of carbonyl (C=O) groups is 1. The number of methoxy groups -OCH3 is 1. The number of allylic oxidation sites excluding steroid dienone is 2. The molecular weight excluding hydrogens is 396 g/mol. The molecule has 4 aromatic rings. The maximum atomic E-state index is 13.6. The molecule has 32 heavy (non-hydrogen) atoms. The van der Waals surface area contributed by atoms with Gasteiger partial charge in [0.15, 0.2) is 5.78 Å². The van der Waals surface area contributed by atoms with Gasteiger partial charge in [-0.25, -0.2) is 0 Å². The lowest BCUT2D eigenvalue weighted by atomic mass is 9.60. The molecule has 1 aliphatic rings. The van der Waals surface area contributed by atoms with Crippen LogP contribution in [0.1, 0.15) is 29.5 Å². The zero-order chi connectivity index (χ0) is 22.3. The molecule has 2 atom stereocenters. The van der Waals surface area contributed by atoms with Crippen LogP contribution in [0.25, 0.3) is 10.8 Å². The molecule has 2 unspecified atom stereocenters. The van der Waals surface area contributed by atoms with E-state index in [0.717, 1.165) is 33.2 Å². The van der Waals surface area contributed by atoms with Crippen LogP contribution in [0, 0.1) is 0 Å². The van der Waals surface area contributed by atoms with Crippen LogP contribution < -0.4 is 4.74 Å². The van der Waals surface area contributed by atoms with Crippen LogP contribution in [0.15, 0.2) is 108 Å². The molecule has 1 aliphatic carbocycles. The summed E-state index contributed by atoms with van der Waals surface area (Å²) in [7, 11) is 1.65. The zero-order valence-electron chi connectivity index (χ0n) is 18.1. The Balaban J connectivity index is 1.67. The Morgan fingerprint density at radius 2 is 1.41 bits per heavy atom. The number of carbonyl (C=O) groups excluding carboxylic acids is 1. The minimum atomic E-state index is -1.01. The van der Waals surface area contributed by atoms with Crippen molar-refractivity contribution in [2.45, 2.75) is 18.3 Å². The molecule has 0 aromatic heterocycles. The number of aliphatic hydroxyl groups excluding tert-OH is 1. The van der Waals surface area contributed by atoms with Crippen molar-refractivity contribution in [3.63, 3.8) is 0 Å². The molecule has 0 fully saturated rings. The molecule has 4 aromatic carbocycles. The van der Waals surface area contributed by atoms with E-state index in [1.54, 1.807) is 14.0 Å². The van der Waals surface area contributed by atoms with Crippen LogP contribution in [0.4, 0.5) is 0 Å². The molecule has 0 heterocycles. The smallest absolute Gasteiger partial charge is 0.181 e. The third-order valence-electron chi connectivity index (χ3n) is 6.60. The second-order valence-corrected chi connectivity index (χ2v) is 8.40. The predicted octanol–water partition coefficient (Wildman–Crippen LogP) is 6.33. The first-order chi connectivity index (χ1) is 15.5. The summed E-state index contributed by atoms with van der Waals surface area (Å²) in [4.78, 5) is 13.6. The monoisotopic (exact) mass is 420 g/mol. The molecule has 158 valence electrons. The zero-order valence-corrected chi connectivity index (χ0v) is 18.1. The van der Waals surface area contributed by atoms with Gasteiger partial charge in [0.05, 0.1) is 7.11 Å². The van der Waals surface area contributed by atoms with Crippen LogP contribution in [0.2, 0.25) is 0 Å². The third-order valence-corrected chi connectivity index (χ3v) is 6.60. The van der Waals surface area contributed by atoms with Gasteiger partial charge in [0, 0.05) is 11.5 Å². The summed E-state index contributed by atoms with van der Waals surface area (Å²) in [6.45, 7) is 1.80. The fraction of sp³-hybridized carbons (Fsp3) is 0.138. The number of fused-ring (bicyclic) bond motifs is 1. The summed E-state index contributed by atoms with van der Waals surface area (Å²) < 4.78 is 5.34. The van der Waals surface area contributed by atoms with Gasteiger partial charge in [-0.15, -0.1) is 0 Å². The van der Waals surface area contributed by atoms with Crippen LogP contribution in [0.5, 0.6) is 5.75 Å². The fourth-order valence-electron chi connectivity index (χ4n) is 4.72. The van der Waals surface area contributed by atoms with Gasteiger partial charge in [-0.3, -0.25) is 4.79 Å². The normalized spacial score (nSPS) is 19.0. The number of ether oxygens (including phenoxy) is 1. The highest BCUT2D eigenvalue weighted by Gasteiger charge is 2.54. The number of hydrogen-bond donors (Lipinski definition) is 1. The first kappa shape index (κ1) is 20.1. The first-order valence-corrected chi connectivity index (χ1v) is 10.7. The van der Waals surface area contributed by atoms with Crippen molar-refractivity contribution >= 4 is 16.6 Å². The number of aliphatic hydroxyl groups is 1. The van der Waals surface area contributed by atoms with E-state index in [2.05, 4.69) is 6.07 Å². The summed E-state index contributed by atoms with van der Waals surface area (Å²) in [5.74, 6) is 0.576. The SMILES string of the molecule is COc1ccc2cc(C(C3=C(O)C(C)(c4ccccc4)C3=O)c3ccccc3)ccc2c1. The average molecular weight is 421 g/mol. The lowest BCUT2D eigenvalue weighted by Gasteiger charge is -2.41.